The number of amides is 1. The molecule has 1 heterocycles. The molecule has 1 saturated heterocycles. The van der Waals surface area contributed by atoms with E-state index in [0.29, 0.717) is 23.6 Å². The standard InChI is InChI=1S/C17H22ClNO3S/c1-2-23-15-10-13(18)6-7-14(15)17(22)19-9-3-4-12(11-19)5-8-16(20)21/h6-7,10,12H,2-5,8-9,11H2,1H3,(H,20,21). The van der Waals surface area contributed by atoms with E-state index in [0.717, 1.165) is 30.0 Å². The average molecular weight is 356 g/mol. The summed E-state index contributed by atoms with van der Waals surface area (Å²) in [5.74, 6) is 0.408. The molecule has 1 amide bonds. The molecule has 1 aromatic carbocycles. The molecular weight excluding hydrogens is 334 g/mol. The molecule has 0 aromatic heterocycles. The number of thioether (sulfide) groups is 1. The predicted molar refractivity (Wildman–Crippen MR) is 93.3 cm³/mol. The Morgan fingerprint density at radius 2 is 2.22 bits per heavy atom. The van der Waals surface area contributed by atoms with Gasteiger partial charge in [0.15, 0.2) is 0 Å². The number of aliphatic carboxylic acids is 1. The summed E-state index contributed by atoms with van der Waals surface area (Å²) in [6.45, 7) is 3.43. The summed E-state index contributed by atoms with van der Waals surface area (Å²) >= 11 is 7.66. The molecule has 1 fully saturated rings. The number of nitrogens with zero attached hydrogens (tertiary/aromatic N) is 1. The van der Waals surface area contributed by atoms with Gasteiger partial charge in [0.25, 0.3) is 5.91 Å². The van der Waals surface area contributed by atoms with Crippen molar-refractivity contribution in [2.75, 3.05) is 18.8 Å². The maximum Gasteiger partial charge on any atom is 0.303 e. The van der Waals surface area contributed by atoms with Crippen molar-refractivity contribution in [2.24, 2.45) is 5.92 Å². The number of hydrogen-bond acceptors (Lipinski definition) is 3. The second kappa shape index (κ2) is 8.60. The van der Waals surface area contributed by atoms with E-state index in [1.807, 2.05) is 17.9 Å². The Labute approximate surface area is 146 Å². The van der Waals surface area contributed by atoms with Gasteiger partial charge in [-0.15, -0.1) is 11.8 Å². The SMILES string of the molecule is CCSc1cc(Cl)ccc1C(=O)N1CCCC(CCC(=O)O)C1. The third-order valence-corrected chi connectivity index (χ3v) is 5.22. The number of rotatable bonds is 6. The minimum absolute atomic E-state index is 0.0256. The number of carboxylic acid groups (broad SMARTS) is 1. The monoisotopic (exact) mass is 355 g/mol. The van der Waals surface area contributed by atoms with Crippen molar-refractivity contribution in [1.29, 1.82) is 0 Å². The Morgan fingerprint density at radius 1 is 1.43 bits per heavy atom. The van der Waals surface area contributed by atoms with E-state index in [4.69, 9.17) is 16.7 Å². The lowest BCUT2D eigenvalue weighted by Gasteiger charge is -2.33. The first kappa shape index (κ1) is 18.1. The summed E-state index contributed by atoms with van der Waals surface area (Å²) in [6.07, 6.45) is 2.73. The number of likely N-dealkylation sites (tertiary alicyclic amines) is 1. The third-order valence-electron chi connectivity index (χ3n) is 4.05. The summed E-state index contributed by atoms with van der Waals surface area (Å²) in [4.78, 5) is 26.3. The van der Waals surface area contributed by atoms with Crippen LogP contribution < -0.4 is 0 Å². The fourth-order valence-electron chi connectivity index (χ4n) is 2.93. The fraction of sp³-hybridized carbons (Fsp3) is 0.529. The topological polar surface area (TPSA) is 57.6 Å². The van der Waals surface area contributed by atoms with Crippen molar-refractivity contribution >= 4 is 35.2 Å². The summed E-state index contributed by atoms with van der Waals surface area (Å²) < 4.78 is 0. The molecule has 0 spiro atoms. The van der Waals surface area contributed by atoms with Crippen molar-refractivity contribution in [2.45, 2.75) is 37.5 Å². The largest absolute Gasteiger partial charge is 0.481 e. The zero-order chi connectivity index (χ0) is 16.8. The third kappa shape index (κ3) is 5.15. The van der Waals surface area contributed by atoms with Gasteiger partial charge in [0.1, 0.15) is 0 Å². The molecule has 0 bridgehead atoms. The Hall–Kier alpha value is -1.20. The molecule has 0 radical (unpaired) electrons. The molecule has 1 N–H and O–H groups in total. The van der Waals surface area contributed by atoms with Gasteiger partial charge in [-0.05, 0) is 49.1 Å². The highest BCUT2D eigenvalue weighted by Crippen LogP contribution is 2.29. The quantitative estimate of drug-likeness (QED) is 0.778. The molecule has 2 rings (SSSR count). The van der Waals surface area contributed by atoms with Crippen LogP contribution in [-0.4, -0.2) is 40.7 Å². The highest BCUT2D eigenvalue weighted by molar-refractivity contribution is 7.99. The van der Waals surface area contributed by atoms with E-state index < -0.39 is 5.97 Å². The lowest BCUT2D eigenvalue weighted by molar-refractivity contribution is -0.137. The van der Waals surface area contributed by atoms with Crippen molar-refractivity contribution in [3.8, 4) is 0 Å². The van der Waals surface area contributed by atoms with E-state index in [1.165, 1.54) is 0 Å². The van der Waals surface area contributed by atoms with Gasteiger partial charge in [-0.1, -0.05) is 18.5 Å². The van der Waals surface area contributed by atoms with Gasteiger partial charge >= 0.3 is 5.97 Å². The number of benzene rings is 1. The van der Waals surface area contributed by atoms with Crippen LogP contribution >= 0.6 is 23.4 Å². The second-order valence-electron chi connectivity index (χ2n) is 5.77. The van der Waals surface area contributed by atoms with Gasteiger partial charge in [0.05, 0.1) is 5.56 Å². The molecule has 126 valence electrons. The number of carbonyl (C=O) groups is 2. The molecule has 6 heteroatoms. The van der Waals surface area contributed by atoms with E-state index in [1.54, 1.807) is 23.9 Å². The van der Waals surface area contributed by atoms with Crippen LogP contribution in [0.2, 0.25) is 5.02 Å². The Balaban J connectivity index is 2.08. The Bertz CT molecular complexity index is 579. The fourth-order valence-corrected chi connectivity index (χ4v) is 4.00. The number of carbonyl (C=O) groups excluding carboxylic acids is 1. The summed E-state index contributed by atoms with van der Waals surface area (Å²) in [5, 5.41) is 9.46. The molecule has 1 aliphatic heterocycles. The minimum atomic E-state index is -0.771. The van der Waals surface area contributed by atoms with Crippen LogP contribution in [0, 0.1) is 5.92 Å². The van der Waals surface area contributed by atoms with Crippen LogP contribution in [0.5, 0.6) is 0 Å². The molecule has 1 aromatic rings. The van der Waals surface area contributed by atoms with E-state index in [9.17, 15) is 9.59 Å². The highest BCUT2D eigenvalue weighted by atomic mass is 35.5. The van der Waals surface area contributed by atoms with Gasteiger partial charge in [-0.25, -0.2) is 0 Å². The maximum absolute atomic E-state index is 12.8. The average Bonchev–Trinajstić information content (AvgIpc) is 2.53. The van der Waals surface area contributed by atoms with Crippen LogP contribution in [0.4, 0.5) is 0 Å². The van der Waals surface area contributed by atoms with Gasteiger partial charge in [0, 0.05) is 29.4 Å². The van der Waals surface area contributed by atoms with Gasteiger partial charge in [-0.3, -0.25) is 9.59 Å². The van der Waals surface area contributed by atoms with Crippen LogP contribution in [0.1, 0.15) is 43.0 Å². The van der Waals surface area contributed by atoms with E-state index in [-0.39, 0.29) is 18.2 Å². The Morgan fingerprint density at radius 3 is 2.91 bits per heavy atom. The smallest absolute Gasteiger partial charge is 0.303 e. The summed E-state index contributed by atoms with van der Waals surface area (Å²) in [7, 11) is 0. The number of hydrogen-bond donors (Lipinski definition) is 1. The van der Waals surface area contributed by atoms with Crippen molar-refractivity contribution in [3.05, 3.63) is 28.8 Å². The van der Waals surface area contributed by atoms with E-state index in [2.05, 4.69) is 0 Å². The molecule has 1 unspecified atom stereocenters. The van der Waals surface area contributed by atoms with Crippen molar-refractivity contribution < 1.29 is 14.7 Å². The van der Waals surface area contributed by atoms with E-state index >= 15 is 0 Å². The minimum Gasteiger partial charge on any atom is -0.481 e. The number of halogens is 1. The number of carboxylic acids is 1. The predicted octanol–water partition coefficient (Wildman–Crippen LogP) is 4.17. The molecular formula is C17H22ClNO3S. The van der Waals surface area contributed by atoms with Crippen LogP contribution in [-0.2, 0) is 4.79 Å². The first-order chi connectivity index (χ1) is 11.0. The van der Waals surface area contributed by atoms with Gasteiger partial charge in [-0.2, -0.15) is 0 Å². The maximum atomic E-state index is 12.8. The molecule has 0 aliphatic carbocycles. The number of piperidine rings is 1. The normalized spacial score (nSPS) is 18.0. The lowest BCUT2D eigenvalue weighted by atomic mass is 9.93. The van der Waals surface area contributed by atoms with Crippen LogP contribution in [0.25, 0.3) is 0 Å². The highest BCUT2D eigenvalue weighted by Gasteiger charge is 2.26. The molecule has 23 heavy (non-hydrogen) atoms. The summed E-state index contributed by atoms with van der Waals surface area (Å²) in [6, 6.07) is 5.39. The van der Waals surface area contributed by atoms with Gasteiger partial charge < -0.3 is 10.0 Å². The summed E-state index contributed by atoms with van der Waals surface area (Å²) in [5.41, 5.74) is 0.695. The molecule has 1 atom stereocenters. The van der Waals surface area contributed by atoms with Crippen LogP contribution in [0.3, 0.4) is 0 Å². The first-order valence-electron chi connectivity index (χ1n) is 7.94. The molecule has 0 saturated carbocycles. The zero-order valence-electron chi connectivity index (χ0n) is 13.3. The Kier molecular flexibility index (Phi) is 6.78. The van der Waals surface area contributed by atoms with Gasteiger partial charge in [0.2, 0.25) is 0 Å². The zero-order valence-corrected chi connectivity index (χ0v) is 14.8. The first-order valence-corrected chi connectivity index (χ1v) is 9.31. The second-order valence-corrected chi connectivity index (χ2v) is 7.51. The molecule has 4 nitrogen and oxygen atoms in total. The van der Waals surface area contributed by atoms with Crippen LogP contribution in [0.15, 0.2) is 23.1 Å². The van der Waals surface area contributed by atoms with Crippen molar-refractivity contribution in [1.82, 2.24) is 4.90 Å². The van der Waals surface area contributed by atoms with Crippen molar-refractivity contribution in [3.63, 3.8) is 0 Å². The molecule has 1 aliphatic rings. The lowest BCUT2D eigenvalue weighted by Crippen LogP contribution is -2.40.